The first kappa shape index (κ1) is 10.5. The van der Waals surface area contributed by atoms with Gasteiger partial charge in [-0.2, -0.15) is 0 Å². The van der Waals surface area contributed by atoms with Crippen molar-refractivity contribution < 1.29 is 4.74 Å². The Kier molecular flexibility index (Phi) is 2.90. The summed E-state index contributed by atoms with van der Waals surface area (Å²) in [7, 11) is 0. The monoisotopic (exact) mass is 228 g/mol. The van der Waals surface area contributed by atoms with Crippen molar-refractivity contribution in [2.75, 3.05) is 6.61 Å². The topological polar surface area (TPSA) is 35.0 Å². The highest BCUT2D eigenvalue weighted by Gasteiger charge is 2.15. The van der Waals surface area contributed by atoms with Crippen molar-refractivity contribution in [2.45, 2.75) is 25.7 Å². The summed E-state index contributed by atoms with van der Waals surface area (Å²) in [5.41, 5.74) is 1.82. The Morgan fingerprint density at radius 2 is 1.82 bits per heavy atom. The van der Waals surface area contributed by atoms with Gasteiger partial charge in [0.05, 0.1) is 17.6 Å². The molecule has 17 heavy (non-hydrogen) atoms. The number of aromatic nitrogens is 2. The molecule has 0 amide bonds. The first-order valence-electron chi connectivity index (χ1n) is 6.25. The fourth-order valence-electron chi connectivity index (χ4n) is 2.42. The van der Waals surface area contributed by atoms with Crippen molar-refractivity contribution in [1.29, 1.82) is 0 Å². The number of nitrogens with zero attached hydrogens (tertiary/aromatic N) is 2. The molecule has 1 aromatic heterocycles. The average molecular weight is 228 g/mol. The fourth-order valence-corrected chi connectivity index (χ4v) is 2.42. The van der Waals surface area contributed by atoms with E-state index in [1.54, 1.807) is 12.4 Å². The zero-order valence-corrected chi connectivity index (χ0v) is 9.80. The molecule has 1 saturated carbocycles. The maximum absolute atomic E-state index is 5.83. The molecule has 1 aromatic carbocycles. The summed E-state index contributed by atoms with van der Waals surface area (Å²) >= 11 is 0. The van der Waals surface area contributed by atoms with Gasteiger partial charge in [-0.3, -0.25) is 9.97 Å². The number of benzene rings is 1. The zero-order chi connectivity index (χ0) is 11.5. The minimum Gasteiger partial charge on any atom is -0.493 e. The van der Waals surface area contributed by atoms with Crippen molar-refractivity contribution in [1.82, 2.24) is 9.97 Å². The molecule has 2 aromatic rings. The Hall–Kier alpha value is -1.64. The summed E-state index contributed by atoms with van der Waals surface area (Å²) in [5, 5.41) is 0. The Morgan fingerprint density at radius 3 is 2.65 bits per heavy atom. The van der Waals surface area contributed by atoms with Gasteiger partial charge < -0.3 is 4.74 Å². The summed E-state index contributed by atoms with van der Waals surface area (Å²) < 4.78 is 5.83. The van der Waals surface area contributed by atoms with E-state index in [9.17, 15) is 0 Å². The quantitative estimate of drug-likeness (QED) is 0.809. The molecule has 0 spiro atoms. The van der Waals surface area contributed by atoms with Gasteiger partial charge in [-0.15, -0.1) is 0 Å². The van der Waals surface area contributed by atoms with Crippen molar-refractivity contribution >= 4 is 11.0 Å². The van der Waals surface area contributed by atoms with E-state index in [0.29, 0.717) is 0 Å². The molecule has 1 aliphatic rings. The van der Waals surface area contributed by atoms with E-state index in [1.807, 2.05) is 18.2 Å². The van der Waals surface area contributed by atoms with Gasteiger partial charge in [0, 0.05) is 18.5 Å². The number of rotatable bonds is 3. The minimum absolute atomic E-state index is 0.743. The lowest BCUT2D eigenvalue weighted by molar-refractivity contribution is 0.252. The molecule has 1 aliphatic carbocycles. The molecule has 3 rings (SSSR count). The fraction of sp³-hybridized carbons (Fsp3) is 0.429. The summed E-state index contributed by atoms with van der Waals surface area (Å²) in [6, 6.07) is 5.91. The second kappa shape index (κ2) is 4.70. The van der Waals surface area contributed by atoms with E-state index < -0.39 is 0 Å². The Bertz CT molecular complexity index is 506. The van der Waals surface area contributed by atoms with Crippen LogP contribution in [-0.2, 0) is 0 Å². The standard InChI is InChI=1S/C14H16N2O/c1-2-4-11(3-1)10-17-12-5-6-13-14(9-12)16-8-7-15-13/h5-9,11H,1-4,10H2. The van der Waals surface area contributed by atoms with Gasteiger partial charge in [0.2, 0.25) is 0 Å². The molecule has 0 N–H and O–H groups in total. The highest BCUT2D eigenvalue weighted by molar-refractivity contribution is 5.75. The molecule has 0 unspecified atom stereocenters. The van der Waals surface area contributed by atoms with Crippen molar-refractivity contribution in [2.24, 2.45) is 5.92 Å². The SMILES string of the molecule is c1cnc2cc(OCC3CCCC3)ccc2n1. The summed E-state index contributed by atoms with van der Waals surface area (Å²) in [4.78, 5) is 8.52. The summed E-state index contributed by atoms with van der Waals surface area (Å²) in [6.07, 6.45) is 8.76. The van der Waals surface area contributed by atoms with Crippen molar-refractivity contribution in [3.63, 3.8) is 0 Å². The van der Waals surface area contributed by atoms with Crippen LogP contribution in [0.25, 0.3) is 11.0 Å². The van der Waals surface area contributed by atoms with Crippen LogP contribution in [0.3, 0.4) is 0 Å². The van der Waals surface area contributed by atoms with E-state index >= 15 is 0 Å². The molecule has 0 aliphatic heterocycles. The lowest BCUT2D eigenvalue weighted by Crippen LogP contribution is -2.07. The van der Waals surface area contributed by atoms with Crippen LogP contribution in [0.5, 0.6) is 5.75 Å². The molecule has 3 nitrogen and oxygen atoms in total. The van der Waals surface area contributed by atoms with Gasteiger partial charge in [-0.25, -0.2) is 0 Å². The molecule has 1 fully saturated rings. The van der Waals surface area contributed by atoms with Gasteiger partial charge in [0.15, 0.2) is 0 Å². The average Bonchev–Trinajstić information content (AvgIpc) is 2.89. The van der Waals surface area contributed by atoms with E-state index in [2.05, 4.69) is 9.97 Å². The first-order valence-corrected chi connectivity index (χ1v) is 6.25. The van der Waals surface area contributed by atoms with Crippen LogP contribution in [0.15, 0.2) is 30.6 Å². The van der Waals surface area contributed by atoms with Gasteiger partial charge in [-0.1, -0.05) is 12.8 Å². The van der Waals surface area contributed by atoms with Gasteiger partial charge in [0.25, 0.3) is 0 Å². The molecule has 0 bridgehead atoms. The third-order valence-electron chi connectivity index (χ3n) is 3.40. The van der Waals surface area contributed by atoms with Crippen LogP contribution in [0.2, 0.25) is 0 Å². The molecular formula is C14H16N2O. The molecule has 88 valence electrons. The maximum atomic E-state index is 5.83. The summed E-state index contributed by atoms with van der Waals surface area (Å²) in [5.74, 6) is 1.65. The summed E-state index contributed by atoms with van der Waals surface area (Å²) in [6.45, 7) is 0.839. The van der Waals surface area contributed by atoms with Crippen LogP contribution < -0.4 is 4.74 Å². The van der Waals surface area contributed by atoms with Gasteiger partial charge in [-0.05, 0) is 30.9 Å². The largest absolute Gasteiger partial charge is 0.493 e. The highest BCUT2D eigenvalue weighted by atomic mass is 16.5. The van der Waals surface area contributed by atoms with Crippen molar-refractivity contribution in [3.05, 3.63) is 30.6 Å². The maximum Gasteiger partial charge on any atom is 0.121 e. The second-order valence-corrected chi connectivity index (χ2v) is 4.67. The molecule has 0 radical (unpaired) electrons. The smallest absolute Gasteiger partial charge is 0.121 e. The molecule has 1 heterocycles. The molecule has 3 heteroatoms. The van der Waals surface area contributed by atoms with Gasteiger partial charge in [0.1, 0.15) is 5.75 Å². The van der Waals surface area contributed by atoms with Gasteiger partial charge >= 0.3 is 0 Å². The van der Waals surface area contributed by atoms with Crippen LogP contribution in [0.4, 0.5) is 0 Å². The van der Waals surface area contributed by atoms with Crippen LogP contribution in [0.1, 0.15) is 25.7 Å². The van der Waals surface area contributed by atoms with Crippen LogP contribution >= 0.6 is 0 Å². The lowest BCUT2D eigenvalue weighted by atomic mass is 10.1. The molecule has 0 atom stereocenters. The zero-order valence-electron chi connectivity index (χ0n) is 9.80. The second-order valence-electron chi connectivity index (χ2n) is 4.67. The van der Waals surface area contributed by atoms with E-state index in [4.69, 9.17) is 4.74 Å². The molecule has 0 saturated heterocycles. The first-order chi connectivity index (χ1) is 8.42. The predicted molar refractivity (Wildman–Crippen MR) is 67.0 cm³/mol. The third-order valence-corrected chi connectivity index (χ3v) is 3.40. The Labute approximate surface area is 101 Å². The van der Waals surface area contributed by atoms with E-state index in [0.717, 1.165) is 29.3 Å². The van der Waals surface area contributed by atoms with E-state index in [1.165, 1.54) is 25.7 Å². The number of hydrogen-bond donors (Lipinski definition) is 0. The number of ether oxygens (including phenoxy) is 1. The Balaban J connectivity index is 1.72. The molecular weight excluding hydrogens is 212 g/mol. The lowest BCUT2D eigenvalue weighted by Gasteiger charge is -2.11. The normalized spacial score (nSPS) is 16.5. The predicted octanol–water partition coefficient (Wildman–Crippen LogP) is 3.20. The van der Waals surface area contributed by atoms with Crippen molar-refractivity contribution in [3.8, 4) is 5.75 Å². The van der Waals surface area contributed by atoms with E-state index in [-0.39, 0.29) is 0 Å². The number of fused-ring (bicyclic) bond motifs is 1. The highest BCUT2D eigenvalue weighted by Crippen LogP contribution is 2.26. The third kappa shape index (κ3) is 2.38. The Morgan fingerprint density at radius 1 is 1.06 bits per heavy atom. The number of hydrogen-bond acceptors (Lipinski definition) is 3. The van der Waals surface area contributed by atoms with Crippen LogP contribution in [-0.4, -0.2) is 16.6 Å². The van der Waals surface area contributed by atoms with Crippen LogP contribution in [0, 0.1) is 5.92 Å². The minimum atomic E-state index is 0.743.